The second kappa shape index (κ2) is 10.5. The molecule has 1 atom stereocenters. The summed E-state index contributed by atoms with van der Waals surface area (Å²) in [7, 11) is 0. The Morgan fingerprint density at radius 2 is 1.82 bits per heavy atom. The number of benzene rings is 3. The molecule has 0 aromatic heterocycles. The van der Waals surface area contributed by atoms with Crippen molar-refractivity contribution in [2.24, 2.45) is 0 Å². The van der Waals surface area contributed by atoms with Crippen LogP contribution in [0, 0.1) is 5.82 Å². The lowest BCUT2D eigenvalue weighted by molar-refractivity contribution is -0.116. The van der Waals surface area contributed by atoms with E-state index in [1.54, 1.807) is 36.4 Å². The number of hydrogen-bond donors (Lipinski definition) is 2. The zero-order valence-electron chi connectivity index (χ0n) is 17.7. The van der Waals surface area contributed by atoms with E-state index in [-0.39, 0.29) is 39.6 Å². The molecule has 3 aromatic rings. The van der Waals surface area contributed by atoms with Crippen LogP contribution in [0.1, 0.15) is 23.6 Å². The first-order valence-corrected chi connectivity index (χ1v) is 12.0. The molecule has 1 saturated heterocycles. The van der Waals surface area contributed by atoms with Crippen LogP contribution in [0.15, 0.2) is 65.6 Å². The topological polar surface area (TPSA) is 50.4 Å². The minimum atomic E-state index is -0.361. The normalized spacial score (nSPS) is 16.7. The highest BCUT2D eigenvalue weighted by Crippen LogP contribution is 2.37. The Morgan fingerprint density at radius 3 is 2.48 bits per heavy atom. The maximum Gasteiger partial charge on any atom is 0.260 e. The van der Waals surface area contributed by atoms with Crippen LogP contribution in [-0.2, 0) is 17.8 Å². The predicted octanol–water partition coefficient (Wildman–Crippen LogP) is 6.87. The fourth-order valence-corrected chi connectivity index (χ4v) is 4.87. The van der Waals surface area contributed by atoms with Crippen LogP contribution in [0.4, 0.5) is 10.1 Å². The van der Waals surface area contributed by atoms with Gasteiger partial charge < -0.3 is 15.4 Å². The Hall–Kier alpha value is -2.67. The van der Waals surface area contributed by atoms with E-state index in [2.05, 4.69) is 29.7 Å². The average Bonchev–Trinajstić information content (AvgIpc) is 3.13. The van der Waals surface area contributed by atoms with Crippen molar-refractivity contribution in [3.63, 3.8) is 0 Å². The van der Waals surface area contributed by atoms with Gasteiger partial charge in [-0.1, -0.05) is 72.2 Å². The smallest absolute Gasteiger partial charge is 0.260 e. The first kappa shape index (κ1) is 23.5. The molecule has 1 aliphatic heterocycles. The molecule has 2 N–H and O–H groups in total. The van der Waals surface area contributed by atoms with Gasteiger partial charge >= 0.3 is 0 Å². The summed E-state index contributed by atoms with van der Waals surface area (Å²) in [5.74, 6) is -0.281. The number of carbonyl (C=O) groups excluding carboxylic acids is 1. The second-order valence-corrected chi connectivity index (χ2v) is 9.33. The highest BCUT2D eigenvalue weighted by molar-refractivity contribution is 8.05. The Kier molecular flexibility index (Phi) is 7.48. The standard InChI is InChI=1S/C25H21Cl2FN2O2S/c1-2-15-7-9-18(10-8-15)29-25-30-24(31)22(33-25)13-16-11-19(26)23(20(27)12-16)32-14-17-5-3-4-6-21(17)28/h3-13,25,29H,2,14H2,1H3,(H,30,31)/b22-13-/t25-/m1/s1. The van der Waals surface area contributed by atoms with E-state index in [4.69, 9.17) is 27.9 Å². The Labute approximate surface area is 206 Å². The Balaban J connectivity index is 1.44. The van der Waals surface area contributed by atoms with Gasteiger partial charge in [-0.15, -0.1) is 0 Å². The summed E-state index contributed by atoms with van der Waals surface area (Å²) < 4.78 is 19.5. The van der Waals surface area contributed by atoms with Crippen molar-refractivity contribution < 1.29 is 13.9 Å². The number of hydrogen-bond acceptors (Lipinski definition) is 4. The summed E-state index contributed by atoms with van der Waals surface area (Å²) in [5.41, 5.74) is 2.95. The fourth-order valence-electron chi connectivity index (χ4n) is 3.27. The van der Waals surface area contributed by atoms with E-state index in [0.29, 0.717) is 16.0 Å². The molecule has 0 aliphatic carbocycles. The van der Waals surface area contributed by atoms with Gasteiger partial charge in [-0.2, -0.15) is 0 Å². The number of rotatable bonds is 7. The van der Waals surface area contributed by atoms with Crippen LogP contribution in [-0.4, -0.2) is 11.4 Å². The summed E-state index contributed by atoms with van der Waals surface area (Å²) in [6.45, 7) is 2.10. The van der Waals surface area contributed by atoms with Crippen LogP contribution in [0.5, 0.6) is 5.75 Å². The third-order valence-electron chi connectivity index (χ3n) is 5.04. The van der Waals surface area contributed by atoms with Gasteiger partial charge in [0.2, 0.25) is 0 Å². The number of thioether (sulfide) groups is 1. The van der Waals surface area contributed by atoms with Gasteiger partial charge in [0, 0.05) is 11.3 Å². The minimum Gasteiger partial charge on any atom is -0.486 e. The summed E-state index contributed by atoms with van der Waals surface area (Å²) in [6.07, 6.45) is 2.69. The molecule has 1 fully saturated rings. The summed E-state index contributed by atoms with van der Waals surface area (Å²) in [6, 6.07) is 17.8. The Morgan fingerprint density at radius 1 is 1.12 bits per heavy atom. The fraction of sp³-hybridized carbons (Fsp3) is 0.160. The monoisotopic (exact) mass is 502 g/mol. The summed E-state index contributed by atoms with van der Waals surface area (Å²) >= 11 is 14.1. The number of amides is 1. The molecule has 0 saturated carbocycles. The van der Waals surface area contributed by atoms with Gasteiger partial charge in [-0.25, -0.2) is 4.39 Å². The van der Waals surface area contributed by atoms with Crippen LogP contribution < -0.4 is 15.4 Å². The number of halogens is 3. The second-order valence-electron chi connectivity index (χ2n) is 7.37. The average molecular weight is 503 g/mol. The minimum absolute atomic E-state index is 0.00259. The van der Waals surface area contributed by atoms with E-state index >= 15 is 0 Å². The zero-order chi connectivity index (χ0) is 23.4. The number of carbonyl (C=O) groups is 1. The van der Waals surface area contributed by atoms with Crippen molar-refractivity contribution in [1.82, 2.24) is 5.32 Å². The van der Waals surface area contributed by atoms with Gasteiger partial charge in [-0.05, 0) is 54.0 Å². The van der Waals surface area contributed by atoms with E-state index in [0.717, 1.165) is 12.1 Å². The number of aryl methyl sites for hydroxylation is 1. The first-order chi connectivity index (χ1) is 15.9. The highest BCUT2D eigenvalue weighted by Gasteiger charge is 2.27. The molecule has 1 aliphatic rings. The molecular weight excluding hydrogens is 482 g/mol. The molecule has 1 heterocycles. The molecule has 170 valence electrons. The lowest BCUT2D eigenvalue weighted by atomic mass is 10.1. The van der Waals surface area contributed by atoms with Crippen molar-refractivity contribution in [1.29, 1.82) is 0 Å². The van der Waals surface area contributed by atoms with Crippen LogP contribution in [0.25, 0.3) is 6.08 Å². The van der Waals surface area contributed by atoms with E-state index in [1.807, 2.05) is 12.1 Å². The van der Waals surface area contributed by atoms with E-state index in [9.17, 15) is 9.18 Å². The molecule has 0 bridgehead atoms. The molecule has 3 aromatic carbocycles. The van der Waals surface area contributed by atoms with Crippen LogP contribution in [0.2, 0.25) is 10.0 Å². The molecule has 4 rings (SSSR count). The quantitative estimate of drug-likeness (QED) is 0.346. The molecule has 8 heteroatoms. The lowest BCUT2D eigenvalue weighted by Gasteiger charge is -2.13. The van der Waals surface area contributed by atoms with Crippen molar-refractivity contribution in [2.45, 2.75) is 25.4 Å². The van der Waals surface area contributed by atoms with Crippen molar-refractivity contribution in [3.8, 4) is 5.75 Å². The van der Waals surface area contributed by atoms with E-state index < -0.39 is 0 Å². The summed E-state index contributed by atoms with van der Waals surface area (Å²) in [4.78, 5) is 13.0. The Bertz CT molecular complexity index is 1180. The third kappa shape index (κ3) is 5.82. The predicted molar refractivity (Wildman–Crippen MR) is 134 cm³/mol. The molecule has 0 unspecified atom stereocenters. The molecular formula is C25H21Cl2FN2O2S. The van der Waals surface area contributed by atoms with Gasteiger partial charge in [0.25, 0.3) is 5.91 Å². The van der Waals surface area contributed by atoms with Gasteiger partial charge in [-0.3, -0.25) is 4.79 Å². The van der Waals surface area contributed by atoms with Crippen molar-refractivity contribution >= 4 is 52.6 Å². The molecule has 4 nitrogen and oxygen atoms in total. The summed E-state index contributed by atoms with van der Waals surface area (Å²) in [5, 5.41) is 6.75. The van der Waals surface area contributed by atoms with Crippen LogP contribution in [0.3, 0.4) is 0 Å². The largest absolute Gasteiger partial charge is 0.486 e. The third-order valence-corrected chi connectivity index (χ3v) is 6.63. The lowest BCUT2D eigenvalue weighted by Crippen LogP contribution is -2.30. The molecule has 33 heavy (non-hydrogen) atoms. The number of nitrogens with one attached hydrogen (secondary N) is 2. The van der Waals surface area contributed by atoms with E-state index in [1.165, 1.54) is 23.4 Å². The molecule has 0 radical (unpaired) electrons. The SMILES string of the molecule is CCc1ccc(N[C@@H]2NC(=O)/C(=C/c3cc(Cl)c(OCc4ccccc4F)c(Cl)c3)S2)cc1. The van der Waals surface area contributed by atoms with Gasteiger partial charge in [0.05, 0.1) is 15.0 Å². The maximum atomic E-state index is 13.8. The number of ether oxygens (including phenoxy) is 1. The zero-order valence-corrected chi connectivity index (χ0v) is 20.0. The van der Waals surface area contributed by atoms with Crippen LogP contribution >= 0.6 is 35.0 Å². The molecule has 1 amide bonds. The van der Waals surface area contributed by atoms with Crippen molar-refractivity contribution in [2.75, 3.05) is 5.32 Å². The first-order valence-electron chi connectivity index (χ1n) is 10.3. The van der Waals surface area contributed by atoms with Gasteiger partial charge in [0.15, 0.2) is 11.2 Å². The maximum absolute atomic E-state index is 13.8. The number of anilines is 1. The highest BCUT2D eigenvalue weighted by atomic mass is 35.5. The van der Waals surface area contributed by atoms with Crippen molar-refractivity contribution in [3.05, 3.63) is 98.1 Å². The van der Waals surface area contributed by atoms with Gasteiger partial charge in [0.1, 0.15) is 12.4 Å². The molecule has 0 spiro atoms.